The number of hydrogen-bond acceptors (Lipinski definition) is 6. The van der Waals surface area contributed by atoms with Gasteiger partial charge in [0.15, 0.2) is 0 Å². The molecular formula is C12H15N3O3. The van der Waals surface area contributed by atoms with Crippen molar-refractivity contribution in [2.24, 2.45) is 26.3 Å². The van der Waals surface area contributed by atoms with Crippen LogP contribution in [-0.4, -0.2) is 37.9 Å². The average molecular weight is 249 g/mol. The van der Waals surface area contributed by atoms with Crippen LogP contribution in [0.15, 0.2) is 15.0 Å². The summed E-state index contributed by atoms with van der Waals surface area (Å²) in [4.78, 5) is 41.5. The normalized spacial score (nSPS) is 26.3. The van der Waals surface area contributed by atoms with E-state index in [-0.39, 0.29) is 11.3 Å². The Hall–Kier alpha value is -1.86. The van der Waals surface area contributed by atoms with Crippen LogP contribution in [0.5, 0.6) is 0 Å². The Morgan fingerprint density at radius 2 is 1.61 bits per heavy atom. The Morgan fingerprint density at radius 3 is 2.17 bits per heavy atom. The largest absolute Gasteiger partial charge is 0.234 e. The van der Waals surface area contributed by atoms with Crippen LogP contribution >= 0.6 is 0 Å². The van der Waals surface area contributed by atoms with Gasteiger partial charge in [0, 0.05) is 5.41 Å². The molecule has 0 saturated heterocycles. The van der Waals surface area contributed by atoms with Crippen LogP contribution in [0.3, 0.4) is 0 Å². The second-order valence-corrected chi connectivity index (χ2v) is 4.71. The fourth-order valence-electron chi connectivity index (χ4n) is 2.64. The zero-order valence-corrected chi connectivity index (χ0v) is 10.1. The van der Waals surface area contributed by atoms with E-state index in [2.05, 4.69) is 15.0 Å². The number of carbonyl (C=O) groups excluding carboxylic acids is 3. The first kappa shape index (κ1) is 14.2. The van der Waals surface area contributed by atoms with E-state index in [1.54, 1.807) is 0 Å². The topological polar surface area (TPSA) is 88.3 Å². The van der Waals surface area contributed by atoms with Gasteiger partial charge >= 0.3 is 0 Å². The molecule has 0 aromatic rings. The van der Waals surface area contributed by atoms with E-state index in [0.717, 1.165) is 25.7 Å². The molecule has 0 aromatic carbocycles. The lowest BCUT2D eigenvalue weighted by atomic mass is 9.69. The molecule has 0 spiro atoms. The highest BCUT2D eigenvalue weighted by Crippen LogP contribution is 2.40. The molecule has 0 amide bonds. The molecule has 1 rings (SSSR count). The molecular weight excluding hydrogens is 234 g/mol. The molecule has 6 nitrogen and oxygen atoms in total. The maximum atomic E-state index is 10.2. The van der Waals surface area contributed by atoms with Crippen molar-refractivity contribution in [2.45, 2.75) is 25.7 Å². The van der Waals surface area contributed by atoms with E-state index in [1.807, 2.05) is 0 Å². The zero-order valence-electron chi connectivity index (χ0n) is 10.1. The van der Waals surface area contributed by atoms with E-state index in [9.17, 15) is 14.4 Å². The number of rotatable bonds is 6. The first-order valence-corrected chi connectivity index (χ1v) is 5.87. The highest BCUT2D eigenvalue weighted by atomic mass is 16.1. The first-order chi connectivity index (χ1) is 8.76. The molecule has 1 fully saturated rings. The lowest BCUT2D eigenvalue weighted by Gasteiger charge is -2.37. The molecule has 0 radical (unpaired) electrons. The van der Waals surface area contributed by atoms with E-state index >= 15 is 0 Å². The molecule has 6 heteroatoms. The van der Waals surface area contributed by atoms with E-state index in [1.165, 1.54) is 18.2 Å². The number of aliphatic imine (C=N–C) groups is 3. The summed E-state index contributed by atoms with van der Waals surface area (Å²) >= 11 is 0. The van der Waals surface area contributed by atoms with Gasteiger partial charge in [-0.1, -0.05) is 6.42 Å². The summed E-state index contributed by atoms with van der Waals surface area (Å²) in [5, 5.41) is 0. The van der Waals surface area contributed by atoms with Gasteiger partial charge < -0.3 is 0 Å². The standard InChI is InChI=1S/C12H15N3O3/c16-8-13-5-11-2-1-3-12(4-11,6-14-9-17)7-15-10-18/h11H,1-7H2. The van der Waals surface area contributed by atoms with Crippen LogP contribution in [0.2, 0.25) is 0 Å². The minimum atomic E-state index is -0.295. The maximum Gasteiger partial charge on any atom is 0.234 e. The second kappa shape index (κ2) is 7.46. The van der Waals surface area contributed by atoms with Gasteiger partial charge in [0.2, 0.25) is 18.2 Å². The van der Waals surface area contributed by atoms with Crippen LogP contribution in [0.1, 0.15) is 25.7 Å². The van der Waals surface area contributed by atoms with Gasteiger partial charge in [-0.15, -0.1) is 0 Å². The number of hydrogen-bond donors (Lipinski definition) is 0. The summed E-state index contributed by atoms with van der Waals surface area (Å²) in [6, 6.07) is 0. The minimum Gasteiger partial charge on any atom is -0.211 e. The van der Waals surface area contributed by atoms with E-state index in [0.29, 0.717) is 19.6 Å². The van der Waals surface area contributed by atoms with Crippen molar-refractivity contribution in [3.05, 3.63) is 0 Å². The van der Waals surface area contributed by atoms with Gasteiger partial charge in [-0.05, 0) is 25.2 Å². The fourth-order valence-corrected chi connectivity index (χ4v) is 2.64. The fraction of sp³-hybridized carbons (Fsp3) is 0.750. The zero-order chi connectivity index (χ0) is 13.3. The molecule has 0 heterocycles. The van der Waals surface area contributed by atoms with Crippen LogP contribution in [0.25, 0.3) is 0 Å². The van der Waals surface area contributed by atoms with Gasteiger partial charge in [-0.2, -0.15) is 0 Å². The smallest absolute Gasteiger partial charge is 0.211 e. The molecule has 1 unspecified atom stereocenters. The Kier molecular flexibility index (Phi) is 5.89. The monoisotopic (exact) mass is 249 g/mol. The maximum absolute atomic E-state index is 10.2. The van der Waals surface area contributed by atoms with Crippen molar-refractivity contribution in [3.63, 3.8) is 0 Å². The van der Waals surface area contributed by atoms with Crippen molar-refractivity contribution in [2.75, 3.05) is 19.6 Å². The summed E-state index contributed by atoms with van der Waals surface area (Å²) in [6.07, 6.45) is 8.10. The summed E-state index contributed by atoms with van der Waals surface area (Å²) in [5.41, 5.74) is -0.295. The molecule has 1 aliphatic carbocycles. The average Bonchev–Trinajstić information content (AvgIpc) is 2.41. The molecule has 96 valence electrons. The molecule has 1 atom stereocenters. The van der Waals surface area contributed by atoms with Gasteiger partial charge in [0.1, 0.15) is 0 Å². The summed E-state index contributed by atoms with van der Waals surface area (Å²) in [7, 11) is 0. The summed E-state index contributed by atoms with van der Waals surface area (Å²) in [5.74, 6) is 0.254. The molecule has 1 aliphatic rings. The van der Waals surface area contributed by atoms with Crippen molar-refractivity contribution in [1.29, 1.82) is 0 Å². The van der Waals surface area contributed by atoms with Gasteiger partial charge in [-0.3, -0.25) is 0 Å². The van der Waals surface area contributed by atoms with Crippen LogP contribution in [0.4, 0.5) is 0 Å². The van der Waals surface area contributed by atoms with Crippen molar-refractivity contribution < 1.29 is 14.4 Å². The van der Waals surface area contributed by atoms with Crippen molar-refractivity contribution in [1.82, 2.24) is 0 Å². The predicted molar refractivity (Wildman–Crippen MR) is 63.4 cm³/mol. The van der Waals surface area contributed by atoms with Gasteiger partial charge in [0.25, 0.3) is 0 Å². The molecule has 0 aromatic heterocycles. The molecule has 0 aliphatic heterocycles. The van der Waals surface area contributed by atoms with Crippen LogP contribution in [-0.2, 0) is 14.4 Å². The minimum absolute atomic E-state index is 0.254. The Labute approximate surface area is 105 Å². The number of isocyanates is 3. The number of nitrogens with zero attached hydrogens (tertiary/aromatic N) is 3. The SMILES string of the molecule is O=C=NCC1CCCC(CN=C=O)(CN=C=O)C1. The predicted octanol–water partition coefficient (Wildman–Crippen LogP) is 1.17. The van der Waals surface area contributed by atoms with E-state index < -0.39 is 0 Å². The first-order valence-electron chi connectivity index (χ1n) is 5.87. The lowest BCUT2D eigenvalue weighted by Crippen LogP contribution is -2.35. The summed E-state index contributed by atoms with van der Waals surface area (Å²) in [6.45, 7) is 1.05. The molecule has 1 saturated carbocycles. The Balaban J connectivity index is 2.76. The third-order valence-electron chi connectivity index (χ3n) is 3.41. The Bertz CT molecular complexity index is 396. The second-order valence-electron chi connectivity index (χ2n) is 4.71. The highest BCUT2D eigenvalue weighted by Gasteiger charge is 2.36. The quantitative estimate of drug-likeness (QED) is 0.522. The van der Waals surface area contributed by atoms with E-state index in [4.69, 9.17) is 0 Å². The van der Waals surface area contributed by atoms with Gasteiger partial charge in [-0.25, -0.2) is 29.4 Å². The van der Waals surface area contributed by atoms with Crippen LogP contribution < -0.4 is 0 Å². The Morgan fingerprint density at radius 1 is 1.00 bits per heavy atom. The third-order valence-corrected chi connectivity index (χ3v) is 3.41. The lowest BCUT2D eigenvalue weighted by molar-refractivity contribution is 0.159. The van der Waals surface area contributed by atoms with Crippen molar-refractivity contribution in [3.8, 4) is 0 Å². The van der Waals surface area contributed by atoms with Crippen LogP contribution in [0, 0.1) is 11.3 Å². The molecule has 0 N–H and O–H groups in total. The third kappa shape index (κ3) is 4.19. The molecule has 0 bridgehead atoms. The van der Waals surface area contributed by atoms with Gasteiger partial charge in [0.05, 0.1) is 19.6 Å². The highest BCUT2D eigenvalue weighted by molar-refractivity contribution is 5.34. The molecule has 18 heavy (non-hydrogen) atoms. The van der Waals surface area contributed by atoms with Crippen molar-refractivity contribution >= 4 is 18.2 Å². The summed E-state index contributed by atoms with van der Waals surface area (Å²) < 4.78 is 0.